The second kappa shape index (κ2) is 6.66. The van der Waals surface area contributed by atoms with Crippen LogP contribution in [0.4, 0.5) is 4.39 Å². The summed E-state index contributed by atoms with van der Waals surface area (Å²) in [4.78, 5) is 12.0. The van der Waals surface area contributed by atoms with E-state index in [0.29, 0.717) is 12.0 Å². The third-order valence-corrected chi connectivity index (χ3v) is 3.50. The fraction of sp³-hybridized carbons (Fsp3) is 0.533. The summed E-state index contributed by atoms with van der Waals surface area (Å²) in [6.07, 6.45) is 3.63. The topological polar surface area (TPSA) is 41.1 Å². The lowest BCUT2D eigenvalue weighted by atomic mass is 10.0. The van der Waals surface area contributed by atoms with Crippen molar-refractivity contribution >= 4 is 5.91 Å². The molecule has 1 aromatic carbocycles. The van der Waals surface area contributed by atoms with E-state index in [4.69, 9.17) is 0 Å². The van der Waals surface area contributed by atoms with Gasteiger partial charge in [-0.1, -0.05) is 24.6 Å². The molecule has 1 amide bonds. The van der Waals surface area contributed by atoms with Crippen LogP contribution < -0.4 is 10.6 Å². The lowest BCUT2D eigenvalue weighted by molar-refractivity contribution is -0.124. The lowest BCUT2D eigenvalue weighted by Crippen LogP contribution is -2.49. The molecule has 3 nitrogen and oxygen atoms in total. The van der Waals surface area contributed by atoms with Gasteiger partial charge >= 0.3 is 0 Å². The molecular formula is C15H21FN2O. The summed E-state index contributed by atoms with van der Waals surface area (Å²) in [6, 6.07) is 6.55. The molecule has 104 valence electrons. The van der Waals surface area contributed by atoms with E-state index in [-0.39, 0.29) is 23.8 Å². The summed E-state index contributed by atoms with van der Waals surface area (Å²) in [7, 11) is 0. The average Bonchev–Trinajstić information content (AvgIpc) is 2.42. The first-order valence-corrected chi connectivity index (χ1v) is 6.94. The van der Waals surface area contributed by atoms with Crippen molar-refractivity contribution in [3.63, 3.8) is 0 Å². The second-order valence-electron chi connectivity index (χ2n) is 5.21. The Morgan fingerprint density at radius 2 is 2.26 bits per heavy atom. The first kappa shape index (κ1) is 14.0. The van der Waals surface area contributed by atoms with Crippen molar-refractivity contribution in [2.24, 2.45) is 0 Å². The third kappa shape index (κ3) is 4.03. The van der Waals surface area contributed by atoms with Gasteiger partial charge < -0.3 is 10.6 Å². The van der Waals surface area contributed by atoms with Gasteiger partial charge in [-0.3, -0.25) is 4.79 Å². The Labute approximate surface area is 113 Å². The number of halogens is 1. The van der Waals surface area contributed by atoms with Crippen molar-refractivity contribution in [2.45, 2.75) is 44.7 Å². The average molecular weight is 264 g/mol. The first-order valence-electron chi connectivity index (χ1n) is 6.94. The van der Waals surface area contributed by atoms with E-state index in [0.717, 1.165) is 25.8 Å². The van der Waals surface area contributed by atoms with Crippen molar-refractivity contribution in [1.29, 1.82) is 0 Å². The van der Waals surface area contributed by atoms with Crippen molar-refractivity contribution < 1.29 is 9.18 Å². The molecule has 0 bridgehead atoms. The van der Waals surface area contributed by atoms with E-state index in [1.54, 1.807) is 12.1 Å². The fourth-order valence-corrected chi connectivity index (χ4v) is 2.46. The highest BCUT2D eigenvalue weighted by Gasteiger charge is 2.21. The SMILES string of the molecule is CC(Cc1ccccc1F)NC(=O)[C@H]1CCCCN1. The summed E-state index contributed by atoms with van der Waals surface area (Å²) in [6.45, 7) is 2.81. The molecule has 2 atom stereocenters. The number of benzene rings is 1. The number of amides is 1. The number of nitrogens with one attached hydrogen (secondary N) is 2. The molecule has 1 aliphatic heterocycles. The molecule has 0 saturated carbocycles. The largest absolute Gasteiger partial charge is 0.352 e. The number of carbonyl (C=O) groups excluding carboxylic acids is 1. The Morgan fingerprint density at radius 3 is 2.95 bits per heavy atom. The second-order valence-corrected chi connectivity index (χ2v) is 5.21. The maximum absolute atomic E-state index is 13.5. The molecule has 1 heterocycles. The standard InChI is InChI=1S/C15H21FN2O/c1-11(10-12-6-2-3-7-13(12)16)18-15(19)14-8-4-5-9-17-14/h2-3,6-7,11,14,17H,4-5,8-10H2,1H3,(H,18,19)/t11?,14-/m1/s1. The molecule has 0 radical (unpaired) electrons. The van der Waals surface area contributed by atoms with Crippen molar-refractivity contribution in [2.75, 3.05) is 6.54 Å². The maximum atomic E-state index is 13.5. The van der Waals surface area contributed by atoms with Crippen LogP contribution >= 0.6 is 0 Å². The van der Waals surface area contributed by atoms with Crippen LogP contribution in [0.15, 0.2) is 24.3 Å². The van der Waals surface area contributed by atoms with Gasteiger partial charge in [0.05, 0.1) is 6.04 Å². The van der Waals surface area contributed by atoms with Gasteiger partial charge in [-0.2, -0.15) is 0 Å². The molecule has 2 N–H and O–H groups in total. The molecule has 1 aliphatic rings. The van der Waals surface area contributed by atoms with Crippen LogP contribution in [0.2, 0.25) is 0 Å². The minimum atomic E-state index is -0.209. The van der Waals surface area contributed by atoms with Gasteiger partial charge in [-0.25, -0.2) is 4.39 Å². The van der Waals surface area contributed by atoms with Crippen molar-refractivity contribution in [1.82, 2.24) is 10.6 Å². The molecular weight excluding hydrogens is 243 g/mol. The zero-order valence-electron chi connectivity index (χ0n) is 11.3. The predicted octanol–water partition coefficient (Wildman–Crippen LogP) is 2.02. The van der Waals surface area contributed by atoms with E-state index in [9.17, 15) is 9.18 Å². The van der Waals surface area contributed by atoms with Gasteiger partial charge in [0.1, 0.15) is 5.82 Å². The number of rotatable bonds is 4. The van der Waals surface area contributed by atoms with E-state index in [2.05, 4.69) is 10.6 Å². The highest BCUT2D eigenvalue weighted by atomic mass is 19.1. The first-order chi connectivity index (χ1) is 9.16. The Balaban J connectivity index is 1.85. The Morgan fingerprint density at radius 1 is 1.47 bits per heavy atom. The van der Waals surface area contributed by atoms with Gasteiger partial charge in [0, 0.05) is 6.04 Å². The summed E-state index contributed by atoms with van der Waals surface area (Å²) >= 11 is 0. The number of piperidine rings is 1. The molecule has 19 heavy (non-hydrogen) atoms. The molecule has 1 saturated heterocycles. The number of carbonyl (C=O) groups is 1. The van der Waals surface area contributed by atoms with Crippen molar-refractivity contribution in [3.05, 3.63) is 35.6 Å². The van der Waals surface area contributed by atoms with Gasteiger partial charge in [0.25, 0.3) is 0 Å². The van der Waals surface area contributed by atoms with Crippen LogP contribution in [0, 0.1) is 5.82 Å². The minimum absolute atomic E-state index is 0.0311. The monoisotopic (exact) mass is 264 g/mol. The minimum Gasteiger partial charge on any atom is -0.352 e. The maximum Gasteiger partial charge on any atom is 0.237 e. The highest BCUT2D eigenvalue weighted by molar-refractivity contribution is 5.82. The lowest BCUT2D eigenvalue weighted by Gasteiger charge is -2.24. The van der Waals surface area contributed by atoms with Gasteiger partial charge in [-0.05, 0) is 44.4 Å². The Kier molecular flexibility index (Phi) is 4.91. The summed E-state index contributed by atoms with van der Waals surface area (Å²) in [5.41, 5.74) is 0.645. The van der Waals surface area contributed by atoms with Gasteiger partial charge in [0.2, 0.25) is 5.91 Å². The molecule has 2 rings (SSSR count). The molecule has 4 heteroatoms. The quantitative estimate of drug-likeness (QED) is 0.873. The van der Waals surface area contributed by atoms with Crippen LogP contribution in [0.5, 0.6) is 0 Å². The van der Waals surface area contributed by atoms with Crippen LogP contribution in [-0.4, -0.2) is 24.5 Å². The zero-order valence-corrected chi connectivity index (χ0v) is 11.3. The zero-order chi connectivity index (χ0) is 13.7. The molecule has 0 aliphatic carbocycles. The van der Waals surface area contributed by atoms with Crippen LogP contribution in [0.3, 0.4) is 0 Å². The fourth-order valence-electron chi connectivity index (χ4n) is 2.46. The third-order valence-electron chi connectivity index (χ3n) is 3.50. The van der Waals surface area contributed by atoms with E-state index in [1.807, 2.05) is 13.0 Å². The van der Waals surface area contributed by atoms with E-state index in [1.165, 1.54) is 6.07 Å². The van der Waals surface area contributed by atoms with Gasteiger partial charge in [-0.15, -0.1) is 0 Å². The summed E-state index contributed by atoms with van der Waals surface area (Å²) in [5.74, 6) is -0.178. The van der Waals surface area contributed by atoms with Gasteiger partial charge in [0.15, 0.2) is 0 Å². The van der Waals surface area contributed by atoms with Crippen LogP contribution in [0.25, 0.3) is 0 Å². The van der Waals surface area contributed by atoms with Crippen LogP contribution in [0.1, 0.15) is 31.7 Å². The predicted molar refractivity (Wildman–Crippen MR) is 73.4 cm³/mol. The normalized spacial score (nSPS) is 20.8. The molecule has 1 fully saturated rings. The van der Waals surface area contributed by atoms with Crippen LogP contribution in [-0.2, 0) is 11.2 Å². The molecule has 0 aromatic heterocycles. The number of hydrogen-bond acceptors (Lipinski definition) is 2. The van der Waals surface area contributed by atoms with E-state index < -0.39 is 0 Å². The Hall–Kier alpha value is -1.42. The summed E-state index contributed by atoms with van der Waals surface area (Å²) < 4.78 is 13.5. The Bertz CT molecular complexity index is 430. The number of hydrogen-bond donors (Lipinski definition) is 2. The molecule has 0 spiro atoms. The smallest absolute Gasteiger partial charge is 0.237 e. The molecule has 1 unspecified atom stereocenters. The summed E-state index contributed by atoms with van der Waals surface area (Å²) in [5, 5.41) is 6.17. The van der Waals surface area contributed by atoms with E-state index >= 15 is 0 Å². The highest BCUT2D eigenvalue weighted by Crippen LogP contribution is 2.10. The molecule has 1 aromatic rings. The van der Waals surface area contributed by atoms with Crippen molar-refractivity contribution in [3.8, 4) is 0 Å².